The second-order valence-electron chi connectivity index (χ2n) is 11.4. The number of nitrogens with zero attached hydrogens (tertiary/aromatic N) is 1. The Hall–Kier alpha value is -1.09. The van der Waals surface area contributed by atoms with Gasteiger partial charge in [-0.25, -0.2) is 0 Å². The van der Waals surface area contributed by atoms with Crippen molar-refractivity contribution in [2.24, 2.45) is 28.6 Å². The summed E-state index contributed by atoms with van der Waals surface area (Å²) in [5.41, 5.74) is 3.05. The van der Waals surface area contributed by atoms with Crippen LogP contribution in [0.25, 0.3) is 0 Å². The Morgan fingerprint density at radius 1 is 1.23 bits per heavy atom. The van der Waals surface area contributed by atoms with Gasteiger partial charge in [0.15, 0.2) is 0 Å². The molecular formula is C27H43NO2. The third-order valence-electron chi connectivity index (χ3n) is 9.40. The van der Waals surface area contributed by atoms with Crippen LogP contribution in [-0.2, 0) is 9.53 Å². The van der Waals surface area contributed by atoms with Gasteiger partial charge in [-0.1, -0.05) is 44.9 Å². The molecule has 1 heterocycles. The Labute approximate surface area is 184 Å². The second kappa shape index (κ2) is 8.45. The molecular weight excluding hydrogens is 370 g/mol. The smallest absolute Gasteiger partial charge is 0.312 e. The van der Waals surface area contributed by atoms with Crippen LogP contribution < -0.4 is 0 Å². The van der Waals surface area contributed by atoms with Crippen LogP contribution in [0.15, 0.2) is 23.3 Å². The quantitative estimate of drug-likeness (QED) is 0.506. The van der Waals surface area contributed by atoms with Crippen molar-refractivity contribution in [3.63, 3.8) is 0 Å². The third kappa shape index (κ3) is 3.80. The Morgan fingerprint density at radius 2 is 2.03 bits per heavy atom. The summed E-state index contributed by atoms with van der Waals surface area (Å²) < 4.78 is 5.98. The molecule has 0 aromatic rings. The molecule has 0 N–H and O–H groups in total. The molecule has 4 rings (SSSR count). The lowest BCUT2D eigenvalue weighted by Crippen LogP contribution is -2.53. The molecule has 0 spiro atoms. The number of carbonyl (C=O) groups is 1. The average Bonchev–Trinajstić information content (AvgIpc) is 3.12. The molecule has 3 aliphatic carbocycles. The van der Waals surface area contributed by atoms with Crippen molar-refractivity contribution in [2.45, 2.75) is 91.5 Å². The highest BCUT2D eigenvalue weighted by atomic mass is 16.5. The summed E-state index contributed by atoms with van der Waals surface area (Å²) in [4.78, 5) is 15.8. The predicted octanol–water partition coefficient (Wildman–Crippen LogP) is 6.15. The normalized spacial score (nSPS) is 39.2. The number of esters is 1. The fourth-order valence-electron chi connectivity index (χ4n) is 7.39. The molecule has 0 radical (unpaired) electrons. The van der Waals surface area contributed by atoms with Crippen molar-refractivity contribution < 1.29 is 9.53 Å². The fourth-order valence-corrected chi connectivity index (χ4v) is 7.39. The lowest BCUT2D eigenvalue weighted by molar-refractivity contribution is -0.169. The first-order valence-corrected chi connectivity index (χ1v) is 12.5. The highest BCUT2D eigenvalue weighted by molar-refractivity contribution is 5.77. The predicted molar refractivity (Wildman–Crippen MR) is 123 cm³/mol. The minimum absolute atomic E-state index is 0.0742. The third-order valence-corrected chi connectivity index (χ3v) is 9.40. The number of ether oxygens (including phenoxy) is 1. The van der Waals surface area contributed by atoms with Crippen LogP contribution in [0.1, 0.15) is 85.5 Å². The van der Waals surface area contributed by atoms with E-state index in [0.717, 1.165) is 25.7 Å². The van der Waals surface area contributed by atoms with Gasteiger partial charge in [-0.05, 0) is 101 Å². The van der Waals surface area contributed by atoms with Crippen molar-refractivity contribution in [1.82, 2.24) is 4.90 Å². The second-order valence-corrected chi connectivity index (χ2v) is 11.4. The van der Waals surface area contributed by atoms with E-state index in [1.54, 1.807) is 11.1 Å². The lowest BCUT2D eigenvalue weighted by Gasteiger charge is -2.57. The summed E-state index contributed by atoms with van der Waals surface area (Å²) in [6, 6.07) is 0.589. The topological polar surface area (TPSA) is 29.5 Å². The molecule has 0 aromatic heterocycles. The van der Waals surface area contributed by atoms with E-state index >= 15 is 0 Å². The summed E-state index contributed by atoms with van der Waals surface area (Å²) in [5.74, 6) is 1.73. The maximum Gasteiger partial charge on any atom is 0.312 e. The van der Waals surface area contributed by atoms with Gasteiger partial charge in [0.05, 0.1) is 12.0 Å². The number of hydrogen-bond donors (Lipinski definition) is 0. The zero-order valence-corrected chi connectivity index (χ0v) is 20.0. The van der Waals surface area contributed by atoms with E-state index in [2.05, 4.69) is 51.8 Å². The highest BCUT2D eigenvalue weighted by Gasteiger charge is 2.57. The van der Waals surface area contributed by atoms with Crippen LogP contribution in [-0.4, -0.2) is 37.1 Å². The van der Waals surface area contributed by atoms with E-state index < -0.39 is 0 Å². The molecule has 3 nitrogen and oxygen atoms in total. The zero-order valence-electron chi connectivity index (χ0n) is 20.0. The number of fused-ring (bicyclic) bond motifs is 3. The van der Waals surface area contributed by atoms with Crippen LogP contribution in [0.4, 0.5) is 0 Å². The molecule has 3 heteroatoms. The van der Waals surface area contributed by atoms with Crippen molar-refractivity contribution in [2.75, 3.05) is 20.2 Å². The summed E-state index contributed by atoms with van der Waals surface area (Å²) >= 11 is 0. The minimum Gasteiger partial charge on any atom is -0.465 e. The molecule has 30 heavy (non-hydrogen) atoms. The molecule has 1 saturated carbocycles. The molecule has 0 bridgehead atoms. The summed E-state index contributed by atoms with van der Waals surface area (Å²) in [5, 5.41) is 0. The molecule has 2 fully saturated rings. The Kier molecular flexibility index (Phi) is 6.23. The monoisotopic (exact) mass is 413 g/mol. The molecule has 168 valence electrons. The van der Waals surface area contributed by atoms with E-state index in [9.17, 15) is 4.79 Å². The van der Waals surface area contributed by atoms with Gasteiger partial charge in [0.1, 0.15) is 0 Å². The SMILES string of the molecule is CC(C)C1=CC2=CCC3C(C)(C(=O)OCCC4CCCN4C)CCCC3(C)C2CC1. The van der Waals surface area contributed by atoms with Gasteiger partial charge in [0.25, 0.3) is 0 Å². The van der Waals surface area contributed by atoms with Gasteiger partial charge in [-0.15, -0.1) is 0 Å². The van der Waals surface area contributed by atoms with Crippen LogP contribution in [0.5, 0.6) is 0 Å². The Morgan fingerprint density at radius 3 is 2.73 bits per heavy atom. The maximum atomic E-state index is 13.4. The van der Waals surface area contributed by atoms with Crippen LogP contribution in [0, 0.1) is 28.6 Å². The standard InChI is InChI=1S/C27H43NO2/c1-19(2)20-9-11-23-21(18-20)10-12-24-26(23,3)14-7-15-27(24,4)25(29)30-17-13-22-8-6-16-28(22)5/h10,18-19,22-24H,6-9,11-17H2,1-5H3. The summed E-state index contributed by atoms with van der Waals surface area (Å²) in [6.45, 7) is 11.1. The van der Waals surface area contributed by atoms with Crippen LogP contribution in [0.3, 0.4) is 0 Å². The Bertz CT molecular complexity index is 722. The van der Waals surface area contributed by atoms with Gasteiger partial charge < -0.3 is 9.64 Å². The largest absolute Gasteiger partial charge is 0.465 e. The molecule has 1 aliphatic heterocycles. The van der Waals surface area contributed by atoms with Crippen molar-refractivity contribution >= 4 is 5.97 Å². The molecule has 1 saturated heterocycles. The first-order valence-electron chi connectivity index (χ1n) is 12.5. The van der Waals surface area contributed by atoms with Crippen LogP contribution >= 0.6 is 0 Å². The van der Waals surface area contributed by atoms with Gasteiger partial charge in [-0.3, -0.25) is 4.79 Å². The highest BCUT2D eigenvalue weighted by Crippen LogP contribution is 2.62. The first kappa shape index (κ1) is 22.1. The number of allylic oxidation sites excluding steroid dienone is 4. The average molecular weight is 414 g/mol. The number of likely N-dealkylation sites (tertiary alicyclic amines) is 1. The van der Waals surface area contributed by atoms with E-state index in [4.69, 9.17) is 4.74 Å². The molecule has 4 aliphatic rings. The fraction of sp³-hybridized carbons (Fsp3) is 0.815. The van der Waals surface area contributed by atoms with Gasteiger partial charge in [0.2, 0.25) is 0 Å². The lowest BCUT2D eigenvalue weighted by atomic mass is 9.47. The molecule has 0 aromatic carbocycles. The van der Waals surface area contributed by atoms with Gasteiger partial charge >= 0.3 is 5.97 Å². The van der Waals surface area contributed by atoms with E-state index in [1.807, 2.05) is 0 Å². The zero-order chi connectivity index (χ0) is 21.5. The summed E-state index contributed by atoms with van der Waals surface area (Å²) in [6.07, 6.45) is 15.4. The minimum atomic E-state index is -0.335. The first-order chi connectivity index (χ1) is 14.3. The summed E-state index contributed by atoms with van der Waals surface area (Å²) in [7, 11) is 2.20. The van der Waals surface area contributed by atoms with Gasteiger partial charge in [0, 0.05) is 6.04 Å². The van der Waals surface area contributed by atoms with Gasteiger partial charge in [-0.2, -0.15) is 0 Å². The van der Waals surface area contributed by atoms with Crippen molar-refractivity contribution in [3.8, 4) is 0 Å². The van der Waals surface area contributed by atoms with Crippen LogP contribution in [0.2, 0.25) is 0 Å². The van der Waals surface area contributed by atoms with Crippen molar-refractivity contribution in [1.29, 1.82) is 0 Å². The molecule has 0 amide bonds. The maximum absolute atomic E-state index is 13.4. The van der Waals surface area contributed by atoms with E-state index in [-0.39, 0.29) is 16.8 Å². The van der Waals surface area contributed by atoms with Crippen molar-refractivity contribution in [3.05, 3.63) is 23.3 Å². The molecule has 5 atom stereocenters. The number of hydrogen-bond acceptors (Lipinski definition) is 3. The number of carbonyl (C=O) groups excluding carboxylic acids is 1. The van der Waals surface area contributed by atoms with E-state index in [0.29, 0.717) is 30.4 Å². The van der Waals surface area contributed by atoms with E-state index in [1.165, 1.54) is 38.6 Å². The Balaban J connectivity index is 1.48. The molecule has 5 unspecified atom stereocenters. The number of rotatable bonds is 5.